The molecule has 0 aromatic carbocycles. The minimum absolute atomic E-state index is 0.0490. The van der Waals surface area contributed by atoms with E-state index in [4.69, 9.17) is 4.74 Å². The van der Waals surface area contributed by atoms with Gasteiger partial charge in [-0.05, 0) is 27.2 Å². The fourth-order valence-corrected chi connectivity index (χ4v) is 1.08. The van der Waals surface area contributed by atoms with Crippen LogP contribution in [-0.4, -0.2) is 11.7 Å². The zero-order valence-corrected chi connectivity index (χ0v) is 8.89. The maximum Gasteiger partial charge on any atom is 0.0760 e. The second kappa shape index (κ2) is 5.36. The lowest BCUT2D eigenvalue weighted by atomic mass is 10.1. The van der Waals surface area contributed by atoms with Crippen molar-refractivity contribution in [2.45, 2.75) is 58.7 Å². The van der Waals surface area contributed by atoms with Crippen LogP contribution in [0.15, 0.2) is 12.7 Å². The first-order chi connectivity index (χ1) is 5.49. The predicted octanol–water partition coefficient (Wildman–Crippen LogP) is 3.55. The molecule has 72 valence electrons. The summed E-state index contributed by atoms with van der Waals surface area (Å²) in [5.74, 6) is 0. The van der Waals surface area contributed by atoms with E-state index in [0.717, 1.165) is 6.42 Å². The summed E-state index contributed by atoms with van der Waals surface area (Å²) in [7, 11) is 0. The lowest BCUT2D eigenvalue weighted by molar-refractivity contribution is -0.0414. The molecule has 0 bridgehead atoms. The molecule has 0 aliphatic rings. The van der Waals surface area contributed by atoms with Crippen molar-refractivity contribution in [3.8, 4) is 0 Å². The molecule has 0 aromatic heterocycles. The molecule has 0 fully saturated rings. The summed E-state index contributed by atoms with van der Waals surface area (Å²) in [5, 5.41) is 0. The van der Waals surface area contributed by atoms with Gasteiger partial charge in [0.05, 0.1) is 11.7 Å². The molecule has 0 spiro atoms. The van der Waals surface area contributed by atoms with E-state index < -0.39 is 0 Å². The maximum atomic E-state index is 5.77. The van der Waals surface area contributed by atoms with Crippen LogP contribution in [0.5, 0.6) is 0 Å². The molecule has 0 aliphatic heterocycles. The van der Waals surface area contributed by atoms with Crippen molar-refractivity contribution in [1.29, 1.82) is 0 Å². The number of hydrogen-bond donors (Lipinski definition) is 0. The number of rotatable bonds is 5. The largest absolute Gasteiger partial charge is 0.369 e. The van der Waals surface area contributed by atoms with E-state index in [1.807, 2.05) is 6.08 Å². The molecule has 0 aromatic rings. The molecular weight excluding hydrogens is 148 g/mol. The Labute approximate surface area is 76.8 Å². The topological polar surface area (TPSA) is 9.23 Å². The minimum atomic E-state index is -0.0490. The van der Waals surface area contributed by atoms with Crippen LogP contribution in [0.4, 0.5) is 0 Å². The molecule has 1 heteroatoms. The minimum Gasteiger partial charge on any atom is -0.369 e. The van der Waals surface area contributed by atoms with Crippen LogP contribution in [0.1, 0.15) is 47.0 Å². The first kappa shape index (κ1) is 11.7. The highest BCUT2D eigenvalue weighted by atomic mass is 16.5. The average Bonchev–Trinajstić information content (AvgIpc) is 1.95. The predicted molar refractivity (Wildman–Crippen MR) is 54.3 cm³/mol. The van der Waals surface area contributed by atoms with Gasteiger partial charge in [0, 0.05) is 0 Å². The van der Waals surface area contributed by atoms with Crippen LogP contribution in [-0.2, 0) is 4.74 Å². The molecule has 12 heavy (non-hydrogen) atoms. The monoisotopic (exact) mass is 170 g/mol. The van der Waals surface area contributed by atoms with Crippen LogP contribution in [0, 0.1) is 0 Å². The fourth-order valence-electron chi connectivity index (χ4n) is 1.08. The Morgan fingerprint density at radius 3 is 2.33 bits per heavy atom. The smallest absolute Gasteiger partial charge is 0.0760 e. The zero-order chi connectivity index (χ0) is 9.61. The molecule has 0 heterocycles. The van der Waals surface area contributed by atoms with Gasteiger partial charge in [0.2, 0.25) is 0 Å². The van der Waals surface area contributed by atoms with Gasteiger partial charge in [0.15, 0.2) is 0 Å². The molecule has 0 amide bonds. The summed E-state index contributed by atoms with van der Waals surface area (Å²) in [6, 6.07) is 0. The van der Waals surface area contributed by atoms with E-state index >= 15 is 0 Å². The van der Waals surface area contributed by atoms with Crippen molar-refractivity contribution in [2.75, 3.05) is 0 Å². The lowest BCUT2D eigenvalue weighted by Gasteiger charge is -2.25. The summed E-state index contributed by atoms with van der Waals surface area (Å²) in [5.41, 5.74) is -0.0490. The Morgan fingerprint density at radius 2 is 2.00 bits per heavy atom. The number of hydrogen-bond acceptors (Lipinski definition) is 1. The first-order valence-corrected chi connectivity index (χ1v) is 4.80. The van der Waals surface area contributed by atoms with Gasteiger partial charge in [-0.3, -0.25) is 0 Å². The SMILES string of the molecule is C=CC(CCCC)OC(C)(C)C. The van der Waals surface area contributed by atoms with Crippen LogP contribution in [0.25, 0.3) is 0 Å². The van der Waals surface area contributed by atoms with Crippen LogP contribution < -0.4 is 0 Å². The molecular formula is C11H22O. The van der Waals surface area contributed by atoms with Crippen molar-refractivity contribution in [3.05, 3.63) is 12.7 Å². The molecule has 0 N–H and O–H groups in total. The Bertz CT molecular complexity index is 121. The zero-order valence-electron chi connectivity index (χ0n) is 8.89. The Balaban J connectivity index is 3.75. The van der Waals surface area contributed by atoms with Crippen molar-refractivity contribution in [1.82, 2.24) is 0 Å². The van der Waals surface area contributed by atoms with Gasteiger partial charge in [-0.1, -0.05) is 25.8 Å². The molecule has 0 aliphatic carbocycles. The van der Waals surface area contributed by atoms with Gasteiger partial charge in [-0.25, -0.2) is 0 Å². The van der Waals surface area contributed by atoms with Gasteiger partial charge >= 0.3 is 0 Å². The Hall–Kier alpha value is -0.300. The molecule has 0 radical (unpaired) electrons. The summed E-state index contributed by atoms with van der Waals surface area (Å²) in [6.45, 7) is 12.2. The highest BCUT2D eigenvalue weighted by Crippen LogP contribution is 2.15. The standard InChI is InChI=1S/C11H22O/c1-6-8-9-10(7-2)12-11(3,4)5/h7,10H,2,6,8-9H2,1,3-5H3. The van der Waals surface area contributed by atoms with E-state index in [0.29, 0.717) is 0 Å². The van der Waals surface area contributed by atoms with Crippen LogP contribution in [0.3, 0.4) is 0 Å². The van der Waals surface area contributed by atoms with Crippen molar-refractivity contribution < 1.29 is 4.74 Å². The second-order valence-electron chi connectivity index (χ2n) is 4.15. The van der Waals surface area contributed by atoms with E-state index in [1.54, 1.807) is 0 Å². The van der Waals surface area contributed by atoms with Crippen molar-refractivity contribution >= 4 is 0 Å². The molecule has 1 atom stereocenters. The van der Waals surface area contributed by atoms with Gasteiger partial charge in [0.1, 0.15) is 0 Å². The lowest BCUT2D eigenvalue weighted by Crippen LogP contribution is -2.25. The van der Waals surface area contributed by atoms with Crippen molar-refractivity contribution in [3.63, 3.8) is 0 Å². The van der Waals surface area contributed by atoms with Gasteiger partial charge in [-0.15, -0.1) is 6.58 Å². The summed E-state index contributed by atoms with van der Waals surface area (Å²) >= 11 is 0. The van der Waals surface area contributed by atoms with Gasteiger partial charge in [-0.2, -0.15) is 0 Å². The third-order valence-electron chi connectivity index (χ3n) is 1.61. The average molecular weight is 170 g/mol. The second-order valence-corrected chi connectivity index (χ2v) is 4.15. The molecule has 0 saturated carbocycles. The van der Waals surface area contributed by atoms with Crippen LogP contribution >= 0.6 is 0 Å². The Kier molecular flexibility index (Phi) is 5.23. The number of unbranched alkanes of at least 4 members (excludes halogenated alkanes) is 1. The third-order valence-corrected chi connectivity index (χ3v) is 1.61. The molecule has 1 unspecified atom stereocenters. The van der Waals surface area contributed by atoms with E-state index in [9.17, 15) is 0 Å². The third kappa shape index (κ3) is 6.41. The van der Waals surface area contributed by atoms with E-state index in [2.05, 4.69) is 34.3 Å². The van der Waals surface area contributed by atoms with Crippen molar-refractivity contribution in [2.24, 2.45) is 0 Å². The fraction of sp³-hybridized carbons (Fsp3) is 0.818. The first-order valence-electron chi connectivity index (χ1n) is 4.80. The summed E-state index contributed by atoms with van der Waals surface area (Å²) in [4.78, 5) is 0. The quantitative estimate of drug-likeness (QED) is 0.573. The van der Waals surface area contributed by atoms with E-state index in [1.165, 1.54) is 12.8 Å². The van der Waals surface area contributed by atoms with Gasteiger partial charge in [0.25, 0.3) is 0 Å². The maximum absolute atomic E-state index is 5.77. The van der Waals surface area contributed by atoms with E-state index in [-0.39, 0.29) is 11.7 Å². The molecule has 1 nitrogen and oxygen atoms in total. The highest BCUT2D eigenvalue weighted by molar-refractivity contribution is 4.82. The molecule has 0 rings (SSSR count). The highest BCUT2D eigenvalue weighted by Gasteiger charge is 2.15. The Morgan fingerprint density at radius 1 is 1.42 bits per heavy atom. The molecule has 0 saturated heterocycles. The van der Waals surface area contributed by atoms with Crippen LogP contribution in [0.2, 0.25) is 0 Å². The number of ether oxygens (including phenoxy) is 1. The van der Waals surface area contributed by atoms with Gasteiger partial charge < -0.3 is 4.74 Å². The summed E-state index contributed by atoms with van der Waals surface area (Å²) in [6.07, 6.45) is 5.66. The summed E-state index contributed by atoms with van der Waals surface area (Å²) < 4.78 is 5.77. The normalized spacial score (nSPS) is 14.3.